The number of hydrogen-bond acceptors (Lipinski definition) is 4. The third-order valence-electron chi connectivity index (χ3n) is 4.92. The molecule has 1 aliphatic heterocycles. The number of piperidine rings is 1. The minimum atomic E-state index is -3.13. The van der Waals surface area contributed by atoms with E-state index in [1.165, 1.54) is 11.8 Å². The third-order valence-corrected chi connectivity index (χ3v) is 6.79. The molecule has 0 aromatic heterocycles. The van der Waals surface area contributed by atoms with Gasteiger partial charge in [-0.3, -0.25) is 4.90 Å². The van der Waals surface area contributed by atoms with Crippen LogP contribution in [0.5, 0.6) is 0 Å². The highest BCUT2D eigenvalue weighted by Crippen LogP contribution is 2.24. The van der Waals surface area contributed by atoms with Crippen LogP contribution in [0.1, 0.15) is 24.0 Å². The quantitative estimate of drug-likeness (QED) is 0.753. The van der Waals surface area contributed by atoms with Gasteiger partial charge in [0, 0.05) is 25.4 Å². The molecule has 1 fully saturated rings. The fourth-order valence-corrected chi connectivity index (χ4v) is 4.26. The summed E-state index contributed by atoms with van der Waals surface area (Å²) in [6.07, 6.45) is 3.40. The van der Waals surface area contributed by atoms with Crippen molar-refractivity contribution in [3.8, 4) is 0 Å². The molecule has 2 aromatic carbocycles. The van der Waals surface area contributed by atoms with E-state index in [4.69, 9.17) is 23.2 Å². The Balaban J connectivity index is 1.45. The zero-order valence-corrected chi connectivity index (χ0v) is 17.6. The van der Waals surface area contributed by atoms with Crippen LogP contribution < -0.4 is 5.32 Å². The van der Waals surface area contributed by atoms with E-state index in [1.807, 2.05) is 30.3 Å². The van der Waals surface area contributed by atoms with Gasteiger partial charge in [-0.05, 0) is 61.3 Å². The van der Waals surface area contributed by atoms with Gasteiger partial charge in [-0.2, -0.15) is 0 Å². The summed E-state index contributed by atoms with van der Waals surface area (Å²) in [7, 11) is -3.13. The first-order chi connectivity index (χ1) is 12.8. The summed E-state index contributed by atoms with van der Waals surface area (Å²) in [5, 5.41) is 4.78. The van der Waals surface area contributed by atoms with Crippen LogP contribution in [0.25, 0.3) is 0 Å². The predicted octanol–water partition coefficient (Wildman–Crippen LogP) is 4.15. The maximum atomic E-state index is 11.5. The maximum Gasteiger partial charge on any atom is 0.175 e. The minimum Gasteiger partial charge on any atom is -0.310 e. The average Bonchev–Trinajstić information content (AvgIpc) is 2.64. The molecule has 0 aliphatic carbocycles. The Kier molecular flexibility index (Phi) is 6.82. The molecule has 1 aliphatic rings. The number of rotatable bonds is 6. The lowest BCUT2D eigenvalue weighted by atomic mass is 10.0. The van der Waals surface area contributed by atoms with Crippen molar-refractivity contribution in [1.29, 1.82) is 0 Å². The van der Waals surface area contributed by atoms with E-state index in [9.17, 15) is 8.42 Å². The van der Waals surface area contributed by atoms with Crippen LogP contribution in [0.4, 0.5) is 0 Å². The monoisotopic (exact) mass is 426 g/mol. The second-order valence-electron chi connectivity index (χ2n) is 7.10. The Morgan fingerprint density at radius 2 is 1.63 bits per heavy atom. The smallest absolute Gasteiger partial charge is 0.175 e. The molecular weight excluding hydrogens is 403 g/mol. The third kappa shape index (κ3) is 5.93. The van der Waals surface area contributed by atoms with Gasteiger partial charge in [0.1, 0.15) is 0 Å². The minimum absolute atomic E-state index is 0.363. The Bertz CT molecular complexity index is 877. The van der Waals surface area contributed by atoms with Crippen molar-refractivity contribution in [1.82, 2.24) is 10.2 Å². The number of nitrogens with one attached hydrogen (secondary N) is 1. The van der Waals surface area contributed by atoms with E-state index >= 15 is 0 Å². The normalized spacial score (nSPS) is 16.6. The Labute approximate surface area is 171 Å². The van der Waals surface area contributed by atoms with Crippen LogP contribution in [-0.2, 0) is 22.9 Å². The lowest BCUT2D eigenvalue weighted by Crippen LogP contribution is -2.41. The molecule has 1 heterocycles. The van der Waals surface area contributed by atoms with Gasteiger partial charge < -0.3 is 5.32 Å². The number of likely N-dealkylation sites (tertiary alicyclic amines) is 1. The molecule has 4 nitrogen and oxygen atoms in total. The summed E-state index contributed by atoms with van der Waals surface area (Å²) in [5.74, 6) is 0. The van der Waals surface area contributed by atoms with Crippen LogP contribution in [0.15, 0.2) is 47.4 Å². The zero-order chi connectivity index (χ0) is 19.4. The van der Waals surface area contributed by atoms with Gasteiger partial charge in [-0.1, -0.05) is 41.4 Å². The Morgan fingerprint density at radius 3 is 2.22 bits per heavy atom. The van der Waals surface area contributed by atoms with Crippen molar-refractivity contribution >= 4 is 33.0 Å². The van der Waals surface area contributed by atoms with Gasteiger partial charge in [0.15, 0.2) is 9.84 Å². The highest BCUT2D eigenvalue weighted by atomic mass is 35.5. The molecule has 0 unspecified atom stereocenters. The molecule has 7 heteroatoms. The molecule has 2 aromatic rings. The first-order valence-electron chi connectivity index (χ1n) is 9.00. The van der Waals surface area contributed by atoms with Gasteiger partial charge in [0.2, 0.25) is 0 Å². The van der Waals surface area contributed by atoms with Crippen molar-refractivity contribution in [2.75, 3.05) is 19.3 Å². The standard InChI is InChI=1S/C20H24Cl2N2O2S/c1-27(25,26)18-5-2-15(3-6-18)13-23-17-8-10-24(11-9-17)14-16-4-7-19(21)20(22)12-16/h2-7,12,17,23H,8-11,13-14H2,1H3. The first-order valence-corrected chi connectivity index (χ1v) is 11.6. The highest BCUT2D eigenvalue weighted by molar-refractivity contribution is 7.90. The fraction of sp³-hybridized carbons (Fsp3) is 0.400. The maximum absolute atomic E-state index is 11.5. The van der Waals surface area contributed by atoms with E-state index in [2.05, 4.69) is 10.2 Å². The SMILES string of the molecule is CS(=O)(=O)c1ccc(CNC2CCN(Cc3ccc(Cl)c(Cl)c3)CC2)cc1. The summed E-state index contributed by atoms with van der Waals surface area (Å²) in [5.41, 5.74) is 2.28. The van der Waals surface area contributed by atoms with E-state index in [-0.39, 0.29) is 0 Å². The molecule has 0 spiro atoms. The van der Waals surface area contributed by atoms with Gasteiger partial charge in [0.25, 0.3) is 0 Å². The highest BCUT2D eigenvalue weighted by Gasteiger charge is 2.19. The van der Waals surface area contributed by atoms with E-state index in [0.29, 0.717) is 21.0 Å². The first kappa shape index (κ1) is 20.6. The van der Waals surface area contributed by atoms with Crippen molar-refractivity contribution in [2.45, 2.75) is 36.9 Å². The summed E-state index contributed by atoms with van der Waals surface area (Å²) in [4.78, 5) is 2.79. The second-order valence-corrected chi connectivity index (χ2v) is 9.93. The van der Waals surface area contributed by atoms with Gasteiger partial charge in [-0.25, -0.2) is 8.42 Å². The van der Waals surface area contributed by atoms with Gasteiger partial charge >= 0.3 is 0 Å². The molecule has 3 rings (SSSR count). The lowest BCUT2D eigenvalue weighted by Gasteiger charge is -2.32. The molecule has 0 saturated carbocycles. The molecule has 146 valence electrons. The van der Waals surface area contributed by atoms with Crippen molar-refractivity contribution < 1.29 is 8.42 Å². The molecule has 0 amide bonds. The van der Waals surface area contributed by atoms with Crippen LogP contribution >= 0.6 is 23.2 Å². The van der Waals surface area contributed by atoms with E-state index < -0.39 is 9.84 Å². The number of sulfone groups is 1. The molecule has 0 atom stereocenters. The number of hydrogen-bond donors (Lipinski definition) is 1. The number of benzene rings is 2. The topological polar surface area (TPSA) is 49.4 Å². The molecule has 1 saturated heterocycles. The van der Waals surface area contributed by atoms with Crippen molar-refractivity contribution in [2.24, 2.45) is 0 Å². The van der Waals surface area contributed by atoms with Crippen molar-refractivity contribution in [3.05, 3.63) is 63.6 Å². The predicted molar refractivity (Wildman–Crippen MR) is 111 cm³/mol. The zero-order valence-electron chi connectivity index (χ0n) is 15.3. The molecule has 27 heavy (non-hydrogen) atoms. The molecule has 0 bridgehead atoms. The Morgan fingerprint density at radius 1 is 1.00 bits per heavy atom. The number of halogens is 2. The van der Waals surface area contributed by atoms with Crippen LogP contribution in [-0.4, -0.2) is 38.7 Å². The second kappa shape index (κ2) is 8.93. The molecular formula is C20H24Cl2N2O2S. The number of nitrogens with zero attached hydrogens (tertiary/aromatic N) is 1. The summed E-state index contributed by atoms with van der Waals surface area (Å²) >= 11 is 12.1. The summed E-state index contributed by atoms with van der Waals surface area (Å²) < 4.78 is 23.0. The van der Waals surface area contributed by atoms with Gasteiger partial charge in [-0.15, -0.1) is 0 Å². The van der Waals surface area contributed by atoms with E-state index in [0.717, 1.165) is 44.6 Å². The average molecular weight is 427 g/mol. The molecule has 0 radical (unpaired) electrons. The van der Waals surface area contributed by atoms with Crippen LogP contribution in [0.3, 0.4) is 0 Å². The van der Waals surface area contributed by atoms with Crippen LogP contribution in [0, 0.1) is 0 Å². The Hall–Kier alpha value is -1.11. The van der Waals surface area contributed by atoms with Crippen molar-refractivity contribution in [3.63, 3.8) is 0 Å². The van der Waals surface area contributed by atoms with Gasteiger partial charge in [0.05, 0.1) is 14.9 Å². The fourth-order valence-electron chi connectivity index (χ4n) is 3.31. The lowest BCUT2D eigenvalue weighted by molar-refractivity contribution is 0.190. The molecule has 1 N–H and O–H groups in total. The summed E-state index contributed by atoms with van der Waals surface area (Å²) in [6.45, 7) is 3.70. The van der Waals surface area contributed by atoms with E-state index in [1.54, 1.807) is 12.1 Å². The summed E-state index contributed by atoms with van der Waals surface area (Å²) in [6, 6.07) is 13.4. The largest absolute Gasteiger partial charge is 0.310 e. The van der Waals surface area contributed by atoms with Crippen LogP contribution in [0.2, 0.25) is 10.0 Å².